The van der Waals surface area contributed by atoms with E-state index >= 15 is 0 Å². The molecule has 0 bridgehead atoms. The Kier molecular flexibility index (Phi) is 10.5. The first-order valence-corrected chi connectivity index (χ1v) is 16.5. The van der Waals surface area contributed by atoms with Gasteiger partial charge in [0.2, 0.25) is 11.7 Å². The van der Waals surface area contributed by atoms with E-state index in [1.54, 1.807) is 71.8 Å². The molecule has 49 heavy (non-hydrogen) atoms. The second-order valence-electron chi connectivity index (χ2n) is 14.5. The van der Waals surface area contributed by atoms with Crippen molar-refractivity contribution in [3.8, 4) is 5.75 Å². The topological polar surface area (TPSA) is 118 Å². The molecule has 11 nitrogen and oxygen atoms in total. The summed E-state index contributed by atoms with van der Waals surface area (Å²) in [4.78, 5) is 53.7. The van der Waals surface area contributed by atoms with Crippen LogP contribution in [0.1, 0.15) is 64.0 Å². The van der Waals surface area contributed by atoms with Crippen LogP contribution < -0.4 is 10.1 Å². The van der Waals surface area contributed by atoms with Gasteiger partial charge in [-0.2, -0.15) is 0 Å². The Hall–Kier alpha value is -5.00. The number of para-hydroxylation sites is 1. The molecular formula is C37H45FN6O5. The van der Waals surface area contributed by atoms with Crippen LogP contribution in [0, 0.1) is 11.2 Å². The number of likely N-dealkylation sites (tertiary alicyclic amines) is 1. The number of benzene rings is 2. The summed E-state index contributed by atoms with van der Waals surface area (Å²) in [5.74, 6) is 0.0877. The number of carbonyl (C=O) groups excluding carboxylic acids is 3. The van der Waals surface area contributed by atoms with Crippen molar-refractivity contribution in [3.63, 3.8) is 0 Å². The highest BCUT2D eigenvalue weighted by molar-refractivity contribution is 5.93. The van der Waals surface area contributed by atoms with E-state index in [1.165, 1.54) is 12.1 Å². The summed E-state index contributed by atoms with van der Waals surface area (Å²) in [6.45, 7) is 11.6. The van der Waals surface area contributed by atoms with Crippen molar-refractivity contribution in [1.29, 1.82) is 0 Å². The molecule has 2 aromatic carbocycles. The van der Waals surface area contributed by atoms with Crippen molar-refractivity contribution in [2.24, 2.45) is 5.41 Å². The molecule has 0 radical (unpaired) electrons. The number of alkyl carbamates (subject to hydrolysis) is 1. The van der Waals surface area contributed by atoms with E-state index in [0.29, 0.717) is 24.4 Å². The number of carbonyl (C=O) groups is 3. The number of ether oxygens (including phenoxy) is 2. The summed E-state index contributed by atoms with van der Waals surface area (Å²) < 4.78 is 27.2. The Morgan fingerprint density at radius 2 is 1.73 bits per heavy atom. The molecule has 3 unspecified atom stereocenters. The van der Waals surface area contributed by atoms with Gasteiger partial charge in [0.15, 0.2) is 0 Å². The van der Waals surface area contributed by atoms with E-state index < -0.39 is 29.2 Å². The third kappa shape index (κ3) is 9.33. The highest BCUT2D eigenvalue weighted by atomic mass is 19.1. The molecule has 0 aliphatic carbocycles. The summed E-state index contributed by atoms with van der Waals surface area (Å²) >= 11 is 0. The Labute approximate surface area is 286 Å². The molecule has 4 aromatic rings. The van der Waals surface area contributed by atoms with Gasteiger partial charge in [-0.3, -0.25) is 14.0 Å². The van der Waals surface area contributed by atoms with Gasteiger partial charge in [0, 0.05) is 38.1 Å². The van der Waals surface area contributed by atoms with Crippen molar-refractivity contribution in [2.75, 3.05) is 19.6 Å². The van der Waals surface area contributed by atoms with Crippen LogP contribution in [-0.2, 0) is 16.0 Å². The molecule has 3 atom stereocenters. The average Bonchev–Trinajstić information content (AvgIpc) is 3.65. The number of aromatic nitrogens is 3. The summed E-state index contributed by atoms with van der Waals surface area (Å²) in [7, 11) is 0. The largest absolute Gasteiger partial charge is 0.489 e. The zero-order valence-electron chi connectivity index (χ0n) is 28.9. The molecule has 1 aliphatic rings. The maximum absolute atomic E-state index is 14.5. The molecule has 1 N–H and O–H groups in total. The molecule has 5 rings (SSSR count). The summed E-state index contributed by atoms with van der Waals surface area (Å²) in [6.07, 6.45) is 4.84. The Morgan fingerprint density at radius 3 is 2.39 bits per heavy atom. The molecule has 1 saturated heterocycles. The zero-order chi connectivity index (χ0) is 35.3. The van der Waals surface area contributed by atoms with Crippen LogP contribution in [0.25, 0.3) is 5.78 Å². The number of rotatable bonds is 10. The van der Waals surface area contributed by atoms with Crippen LogP contribution in [-0.4, -0.2) is 85.5 Å². The van der Waals surface area contributed by atoms with E-state index in [-0.39, 0.29) is 49.1 Å². The van der Waals surface area contributed by atoms with Crippen molar-refractivity contribution in [1.82, 2.24) is 29.5 Å². The van der Waals surface area contributed by atoms with Gasteiger partial charge in [0.05, 0.1) is 12.6 Å². The minimum atomic E-state index is -0.923. The Morgan fingerprint density at radius 1 is 1.02 bits per heavy atom. The summed E-state index contributed by atoms with van der Waals surface area (Å²) in [5, 5.41) is 2.82. The minimum Gasteiger partial charge on any atom is -0.489 e. The van der Waals surface area contributed by atoms with Crippen molar-refractivity contribution >= 4 is 23.7 Å². The van der Waals surface area contributed by atoms with E-state index in [1.807, 2.05) is 51.1 Å². The lowest BCUT2D eigenvalue weighted by Crippen LogP contribution is -2.57. The number of hydrogen-bond donors (Lipinski definition) is 1. The molecule has 0 saturated carbocycles. The normalized spacial score (nSPS) is 17.1. The van der Waals surface area contributed by atoms with Gasteiger partial charge >= 0.3 is 6.09 Å². The molecule has 260 valence electrons. The number of imidazole rings is 1. The highest BCUT2D eigenvalue weighted by Crippen LogP contribution is 2.29. The molecular weight excluding hydrogens is 627 g/mol. The molecule has 3 heterocycles. The summed E-state index contributed by atoms with van der Waals surface area (Å²) in [6, 6.07) is 15.9. The number of amides is 3. The van der Waals surface area contributed by atoms with Gasteiger partial charge in [-0.25, -0.2) is 19.2 Å². The SMILES string of the molecule is CC(C)(C)OC(=O)NC(C(=O)N1CC(Oc2ccccc2)CC1CN(CCc1ccc(F)cc1)C(=O)c1cn2cccnc2n1)C(C)(C)C. The third-order valence-electron chi connectivity index (χ3n) is 8.24. The van der Waals surface area contributed by atoms with Gasteiger partial charge in [0.25, 0.3) is 5.91 Å². The maximum atomic E-state index is 14.5. The fourth-order valence-electron chi connectivity index (χ4n) is 5.87. The molecule has 2 aromatic heterocycles. The lowest BCUT2D eigenvalue weighted by molar-refractivity contribution is -0.137. The fraction of sp³-hybridized carbons (Fsp3) is 0.432. The van der Waals surface area contributed by atoms with Crippen molar-refractivity contribution in [2.45, 2.75) is 78.2 Å². The third-order valence-corrected chi connectivity index (χ3v) is 8.24. The fourth-order valence-corrected chi connectivity index (χ4v) is 5.87. The number of nitrogens with one attached hydrogen (secondary N) is 1. The zero-order valence-corrected chi connectivity index (χ0v) is 28.9. The van der Waals surface area contributed by atoms with E-state index in [0.717, 1.165) is 5.56 Å². The molecule has 12 heteroatoms. The van der Waals surface area contributed by atoms with E-state index in [4.69, 9.17) is 9.47 Å². The molecule has 3 amide bonds. The van der Waals surface area contributed by atoms with Gasteiger partial charge < -0.3 is 24.6 Å². The van der Waals surface area contributed by atoms with Gasteiger partial charge in [0.1, 0.15) is 35.0 Å². The van der Waals surface area contributed by atoms with Crippen molar-refractivity contribution in [3.05, 3.63) is 96.3 Å². The molecule has 0 spiro atoms. The van der Waals surface area contributed by atoms with Crippen LogP contribution in [0.4, 0.5) is 9.18 Å². The second-order valence-corrected chi connectivity index (χ2v) is 14.5. The number of fused-ring (bicyclic) bond motifs is 1. The van der Waals surface area contributed by atoms with Crippen LogP contribution in [0.3, 0.4) is 0 Å². The smallest absolute Gasteiger partial charge is 0.408 e. The Balaban J connectivity index is 1.45. The average molecular weight is 673 g/mol. The predicted octanol–water partition coefficient (Wildman–Crippen LogP) is 5.54. The van der Waals surface area contributed by atoms with Crippen LogP contribution in [0.15, 0.2) is 79.3 Å². The van der Waals surface area contributed by atoms with E-state index in [2.05, 4.69) is 15.3 Å². The number of nitrogens with zero attached hydrogens (tertiary/aromatic N) is 5. The second kappa shape index (κ2) is 14.6. The first kappa shape index (κ1) is 35.3. The number of halogens is 1. The van der Waals surface area contributed by atoms with Crippen LogP contribution in [0.2, 0.25) is 0 Å². The lowest BCUT2D eigenvalue weighted by atomic mass is 9.85. The molecule has 1 aliphatic heterocycles. The quantitative estimate of drug-likeness (QED) is 0.235. The van der Waals surface area contributed by atoms with Gasteiger partial charge in [-0.15, -0.1) is 0 Å². The first-order valence-electron chi connectivity index (χ1n) is 16.5. The summed E-state index contributed by atoms with van der Waals surface area (Å²) in [5.41, 5.74) is -0.350. The maximum Gasteiger partial charge on any atom is 0.408 e. The standard InChI is InChI=1S/C37H45FN6O5/c1-36(2,3)31(41-35(47)49-37(4,5)6)33(46)44-23-29(48-28-11-8-7-9-12-28)21-27(44)22-42(20-17-25-13-15-26(38)16-14-25)32(45)30-24-43-19-10-18-39-34(43)40-30/h7-16,18-19,24,27,29,31H,17,20-23H2,1-6H3,(H,41,47). The van der Waals surface area contributed by atoms with Gasteiger partial charge in [-0.1, -0.05) is 51.1 Å². The lowest BCUT2D eigenvalue weighted by Gasteiger charge is -2.37. The van der Waals surface area contributed by atoms with Crippen LogP contribution in [0.5, 0.6) is 5.75 Å². The number of hydrogen-bond acceptors (Lipinski definition) is 7. The molecule has 1 fully saturated rings. The predicted molar refractivity (Wildman–Crippen MR) is 183 cm³/mol. The monoisotopic (exact) mass is 672 g/mol. The highest BCUT2D eigenvalue weighted by Gasteiger charge is 2.44. The minimum absolute atomic E-state index is 0.172. The first-order chi connectivity index (χ1) is 23.2. The van der Waals surface area contributed by atoms with Crippen LogP contribution >= 0.6 is 0 Å². The van der Waals surface area contributed by atoms with Gasteiger partial charge in [-0.05, 0) is 68.5 Å². The van der Waals surface area contributed by atoms with E-state index in [9.17, 15) is 18.8 Å². The van der Waals surface area contributed by atoms with Crippen molar-refractivity contribution < 1.29 is 28.2 Å². The Bertz CT molecular complexity index is 1720.